The van der Waals surface area contributed by atoms with Crippen LogP contribution in [0.4, 0.5) is 0 Å². The smallest absolute Gasteiger partial charge is 0.173 e. The molecule has 0 atom stereocenters. The molecule has 0 radical (unpaired) electrons. The van der Waals surface area contributed by atoms with Gasteiger partial charge in [-0.2, -0.15) is 5.10 Å². The second-order valence-corrected chi connectivity index (χ2v) is 5.94. The topological polar surface area (TPSA) is 60.2 Å². The average molecular weight is 337 g/mol. The molecule has 0 aliphatic rings. The van der Waals surface area contributed by atoms with Crippen molar-refractivity contribution in [3.63, 3.8) is 0 Å². The largest absolute Gasteiger partial charge is 0.294 e. The van der Waals surface area contributed by atoms with Crippen molar-refractivity contribution in [3.05, 3.63) is 44.7 Å². The first-order chi connectivity index (χ1) is 9.13. The van der Waals surface area contributed by atoms with Gasteiger partial charge in [-0.05, 0) is 28.9 Å². The minimum absolute atomic E-state index is 0.00588. The van der Waals surface area contributed by atoms with Crippen LogP contribution in [0.5, 0.6) is 0 Å². The number of nitrogens with zero attached hydrogens (tertiary/aromatic N) is 4. The SMILES string of the molecule is Cc1csc(CC(=O)c2cc(Br)cn3ncnc23)n1. The summed E-state index contributed by atoms with van der Waals surface area (Å²) in [4.78, 5) is 20.8. The van der Waals surface area contributed by atoms with Crippen LogP contribution in [0.1, 0.15) is 21.1 Å². The lowest BCUT2D eigenvalue weighted by atomic mass is 10.1. The van der Waals surface area contributed by atoms with E-state index in [9.17, 15) is 4.79 Å². The highest BCUT2D eigenvalue weighted by Crippen LogP contribution is 2.19. The maximum absolute atomic E-state index is 12.4. The van der Waals surface area contributed by atoms with Gasteiger partial charge in [-0.3, -0.25) is 4.79 Å². The Labute approximate surface area is 121 Å². The van der Waals surface area contributed by atoms with E-state index in [0.717, 1.165) is 15.2 Å². The Balaban J connectivity index is 1.99. The van der Waals surface area contributed by atoms with E-state index < -0.39 is 0 Å². The van der Waals surface area contributed by atoms with Crippen LogP contribution in [-0.4, -0.2) is 25.4 Å². The van der Waals surface area contributed by atoms with Crippen molar-refractivity contribution >= 4 is 38.7 Å². The van der Waals surface area contributed by atoms with Crippen molar-refractivity contribution in [2.75, 3.05) is 0 Å². The van der Waals surface area contributed by atoms with Gasteiger partial charge in [-0.15, -0.1) is 11.3 Å². The van der Waals surface area contributed by atoms with Crippen molar-refractivity contribution in [1.29, 1.82) is 0 Å². The summed E-state index contributed by atoms with van der Waals surface area (Å²) in [5, 5.41) is 6.80. The van der Waals surface area contributed by atoms with Crippen LogP contribution in [0.15, 0.2) is 28.4 Å². The molecule has 19 heavy (non-hydrogen) atoms. The molecule has 0 spiro atoms. The quantitative estimate of drug-likeness (QED) is 0.690. The lowest BCUT2D eigenvalue weighted by Gasteiger charge is -2.02. The van der Waals surface area contributed by atoms with Crippen LogP contribution in [0.2, 0.25) is 0 Å². The first-order valence-corrected chi connectivity index (χ1v) is 7.24. The second-order valence-electron chi connectivity index (χ2n) is 4.08. The molecule has 3 heterocycles. The lowest BCUT2D eigenvalue weighted by Crippen LogP contribution is -2.06. The number of aryl methyl sites for hydroxylation is 1. The molecule has 0 aliphatic carbocycles. The van der Waals surface area contributed by atoms with Gasteiger partial charge in [-0.1, -0.05) is 0 Å². The Morgan fingerprint density at radius 3 is 3.11 bits per heavy atom. The van der Waals surface area contributed by atoms with Gasteiger partial charge in [0.1, 0.15) is 11.3 Å². The molecular formula is C12H9BrN4OS. The summed E-state index contributed by atoms with van der Waals surface area (Å²) in [6.45, 7) is 1.92. The maximum atomic E-state index is 12.4. The fraction of sp³-hybridized carbons (Fsp3) is 0.167. The standard InChI is InChI=1S/C12H9BrN4OS/c1-7-5-19-11(16-7)3-10(18)9-2-8(13)4-17-12(9)14-6-15-17/h2,4-6H,3H2,1H3. The van der Waals surface area contributed by atoms with Gasteiger partial charge in [0.05, 0.1) is 12.0 Å². The highest BCUT2D eigenvalue weighted by molar-refractivity contribution is 9.10. The number of aromatic nitrogens is 4. The number of ketones is 1. The molecule has 0 saturated carbocycles. The summed E-state index contributed by atoms with van der Waals surface area (Å²) >= 11 is 4.87. The minimum atomic E-state index is -0.00588. The molecule has 0 bridgehead atoms. The van der Waals surface area contributed by atoms with Crippen LogP contribution < -0.4 is 0 Å². The minimum Gasteiger partial charge on any atom is -0.294 e. The summed E-state index contributed by atoms with van der Waals surface area (Å²) in [5.41, 5.74) is 2.07. The number of Topliss-reactive ketones (excluding diaryl/α,β-unsaturated/α-hetero) is 1. The number of fused-ring (bicyclic) bond motifs is 1. The predicted octanol–water partition coefficient (Wildman–Crippen LogP) is 2.68. The van der Waals surface area contributed by atoms with Crippen LogP contribution in [0, 0.1) is 6.92 Å². The summed E-state index contributed by atoms with van der Waals surface area (Å²) < 4.78 is 2.38. The van der Waals surface area contributed by atoms with Crippen molar-refractivity contribution < 1.29 is 4.79 Å². The van der Waals surface area contributed by atoms with Crippen molar-refractivity contribution in [3.8, 4) is 0 Å². The fourth-order valence-corrected chi connectivity index (χ4v) is 3.01. The van der Waals surface area contributed by atoms with E-state index in [1.807, 2.05) is 12.3 Å². The van der Waals surface area contributed by atoms with E-state index in [1.54, 1.807) is 16.8 Å². The zero-order valence-electron chi connectivity index (χ0n) is 10.00. The highest BCUT2D eigenvalue weighted by atomic mass is 79.9. The lowest BCUT2D eigenvalue weighted by molar-refractivity contribution is 0.0994. The van der Waals surface area contributed by atoms with Crippen LogP contribution in [0.3, 0.4) is 0 Å². The van der Waals surface area contributed by atoms with Gasteiger partial charge in [0, 0.05) is 21.7 Å². The third kappa shape index (κ3) is 2.43. The third-order valence-electron chi connectivity index (χ3n) is 2.62. The number of halogens is 1. The maximum Gasteiger partial charge on any atom is 0.173 e. The molecule has 0 saturated heterocycles. The van der Waals surface area contributed by atoms with Gasteiger partial charge < -0.3 is 0 Å². The number of thiazole rings is 1. The van der Waals surface area contributed by atoms with Crippen molar-refractivity contribution in [2.24, 2.45) is 0 Å². The zero-order chi connectivity index (χ0) is 13.4. The average Bonchev–Trinajstić information content (AvgIpc) is 2.96. The fourth-order valence-electron chi connectivity index (χ4n) is 1.82. The van der Waals surface area contributed by atoms with Gasteiger partial charge in [0.15, 0.2) is 11.4 Å². The van der Waals surface area contributed by atoms with E-state index in [2.05, 4.69) is 31.0 Å². The Morgan fingerprint density at radius 1 is 1.53 bits per heavy atom. The Bertz CT molecular complexity index is 764. The van der Waals surface area contributed by atoms with Crippen LogP contribution in [0.25, 0.3) is 5.65 Å². The highest BCUT2D eigenvalue weighted by Gasteiger charge is 2.15. The van der Waals surface area contributed by atoms with Crippen molar-refractivity contribution in [2.45, 2.75) is 13.3 Å². The molecule has 0 unspecified atom stereocenters. The molecule has 3 rings (SSSR count). The molecule has 0 aliphatic heterocycles. The van der Waals surface area contributed by atoms with Gasteiger partial charge in [0.2, 0.25) is 0 Å². The summed E-state index contributed by atoms with van der Waals surface area (Å²) in [7, 11) is 0. The van der Waals surface area contributed by atoms with E-state index in [0.29, 0.717) is 11.2 Å². The Kier molecular flexibility index (Phi) is 3.16. The molecule has 7 heteroatoms. The Morgan fingerprint density at radius 2 is 2.37 bits per heavy atom. The number of pyridine rings is 1. The molecule has 0 aromatic carbocycles. The molecule has 0 amide bonds. The molecule has 96 valence electrons. The Hall–Kier alpha value is -1.60. The number of carbonyl (C=O) groups is 1. The molecular weight excluding hydrogens is 328 g/mol. The molecule has 3 aromatic rings. The zero-order valence-corrected chi connectivity index (χ0v) is 12.4. The molecule has 0 N–H and O–H groups in total. The summed E-state index contributed by atoms with van der Waals surface area (Å²) in [5.74, 6) is -0.00588. The number of hydrogen-bond donors (Lipinski definition) is 0. The van der Waals surface area contributed by atoms with E-state index in [4.69, 9.17) is 0 Å². The van der Waals surface area contributed by atoms with Crippen LogP contribution in [-0.2, 0) is 6.42 Å². The van der Waals surface area contributed by atoms with Crippen LogP contribution >= 0.6 is 27.3 Å². The molecule has 3 aromatic heterocycles. The summed E-state index contributed by atoms with van der Waals surface area (Å²) in [6, 6.07) is 1.77. The summed E-state index contributed by atoms with van der Waals surface area (Å²) in [6.07, 6.45) is 3.50. The second kappa shape index (κ2) is 4.82. The van der Waals surface area contributed by atoms with Gasteiger partial charge >= 0.3 is 0 Å². The molecule has 5 nitrogen and oxygen atoms in total. The first-order valence-electron chi connectivity index (χ1n) is 5.56. The van der Waals surface area contributed by atoms with Gasteiger partial charge in [-0.25, -0.2) is 14.5 Å². The van der Waals surface area contributed by atoms with Gasteiger partial charge in [0.25, 0.3) is 0 Å². The monoisotopic (exact) mass is 336 g/mol. The number of rotatable bonds is 3. The third-order valence-corrected chi connectivity index (χ3v) is 4.02. The normalized spacial score (nSPS) is 11.1. The van der Waals surface area contributed by atoms with E-state index in [1.165, 1.54) is 17.7 Å². The molecule has 0 fully saturated rings. The number of carbonyl (C=O) groups excluding carboxylic acids is 1. The predicted molar refractivity (Wildman–Crippen MR) is 75.6 cm³/mol. The number of hydrogen-bond acceptors (Lipinski definition) is 5. The van der Waals surface area contributed by atoms with E-state index >= 15 is 0 Å². The van der Waals surface area contributed by atoms with E-state index in [-0.39, 0.29) is 12.2 Å². The first kappa shape index (κ1) is 12.4. The van der Waals surface area contributed by atoms with Crippen molar-refractivity contribution in [1.82, 2.24) is 19.6 Å².